The summed E-state index contributed by atoms with van der Waals surface area (Å²) in [6, 6.07) is 0. The third kappa shape index (κ3) is 0.845. The molecule has 5 heavy (non-hydrogen) atoms. The first-order valence-corrected chi connectivity index (χ1v) is 3.80. The van der Waals surface area contributed by atoms with Gasteiger partial charge in [-0.3, -0.25) is 0 Å². The zero-order chi connectivity index (χ0) is 3.91. The van der Waals surface area contributed by atoms with Crippen molar-refractivity contribution in [1.82, 2.24) is 0 Å². The zero-order valence-electron chi connectivity index (χ0n) is 2.12. The number of rotatable bonds is 0. The van der Waals surface area contributed by atoms with Crippen molar-refractivity contribution in [3.8, 4) is 0 Å². The van der Waals surface area contributed by atoms with Crippen molar-refractivity contribution in [3.05, 3.63) is 0 Å². The molecule has 1 heterocycles. The average Bonchev–Trinajstić information content (AvgIpc) is 1.76. The van der Waals surface area contributed by atoms with Gasteiger partial charge in [0.2, 0.25) is 0 Å². The van der Waals surface area contributed by atoms with E-state index in [1.54, 1.807) is 0 Å². The van der Waals surface area contributed by atoms with E-state index in [0.717, 1.165) is 0 Å². The zero-order valence-corrected chi connectivity index (χ0v) is 3.83. The second-order valence-electron chi connectivity index (χ2n) is 0.584. The molecule has 0 amide bonds. The Bertz CT molecular complexity index is 41.6. The molecule has 1 aliphatic rings. The normalized spacial score (nSPS) is 36.4. The van der Waals surface area contributed by atoms with Crippen LogP contribution in [0, 0.1) is 0 Å². The van der Waals surface area contributed by atoms with Crippen LogP contribution in [0.5, 0.6) is 0 Å². The summed E-state index contributed by atoms with van der Waals surface area (Å²) < 4.78 is 23.1. The summed E-state index contributed by atoms with van der Waals surface area (Å²) in [5.74, 6) is 0. The quantitative estimate of drug-likeness (QED) is 0.244. The summed E-state index contributed by atoms with van der Waals surface area (Å²) >= 11 is -3.50. The van der Waals surface area contributed by atoms with E-state index in [-0.39, 0.29) is 0 Å². The standard InChI is InChI=1S/H2O4Se/c1-5(2)3-4-5/h1-2H. The molecule has 0 atom stereocenters. The van der Waals surface area contributed by atoms with Crippen molar-refractivity contribution < 1.29 is 16.3 Å². The van der Waals surface area contributed by atoms with Crippen LogP contribution in [0.4, 0.5) is 0 Å². The van der Waals surface area contributed by atoms with E-state index in [9.17, 15) is 0 Å². The Kier molecular flexibility index (Phi) is 0.499. The second kappa shape index (κ2) is 0.704. The Balaban J connectivity index is 2.38. The van der Waals surface area contributed by atoms with E-state index >= 15 is 0 Å². The van der Waals surface area contributed by atoms with Crippen LogP contribution >= 0.6 is 0 Å². The summed E-state index contributed by atoms with van der Waals surface area (Å²) in [7, 11) is 0. The third-order valence-electron chi connectivity index (χ3n) is 0.190. The SMILES string of the molecule is O[Se]1(O)OO1. The minimum absolute atomic E-state index is 3.50. The van der Waals surface area contributed by atoms with E-state index in [0.29, 0.717) is 0 Å². The molecule has 1 saturated heterocycles. The summed E-state index contributed by atoms with van der Waals surface area (Å²) in [5, 5.41) is 0. The van der Waals surface area contributed by atoms with Gasteiger partial charge in [-0.15, -0.1) is 0 Å². The number of hydrogen-bond acceptors (Lipinski definition) is 4. The molecule has 5 heteroatoms. The maximum atomic E-state index is 7.90. The van der Waals surface area contributed by atoms with E-state index in [2.05, 4.69) is 7.94 Å². The van der Waals surface area contributed by atoms with Gasteiger partial charge >= 0.3 is 30.5 Å². The van der Waals surface area contributed by atoms with Gasteiger partial charge in [-0.25, -0.2) is 0 Å². The van der Waals surface area contributed by atoms with Crippen LogP contribution in [0.15, 0.2) is 0 Å². The summed E-state index contributed by atoms with van der Waals surface area (Å²) in [6.45, 7) is 0. The first-order valence-electron chi connectivity index (χ1n) is 0.865. The second-order valence-corrected chi connectivity index (χ2v) is 3.03. The molecule has 0 aromatic carbocycles. The van der Waals surface area contributed by atoms with Gasteiger partial charge in [0.05, 0.1) is 0 Å². The van der Waals surface area contributed by atoms with Gasteiger partial charge in [-0.2, -0.15) is 0 Å². The minimum atomic E-state index is -3.50. The van der Waals surface area contributed by atoms with Crippen LogP contribution < -0.4 is 0 Å². The predicted molar refractivity (Wildman–Crippen MR) is 12.4 cm³/mol. The molecule has 0 unspecified atom stereocenters. The molecule has 1 aliphatic heterocycles. The van der Waals surface area contributed by atoms with Crippen LogP contribution in [-0.4, -0.2) is 22.5 Å². The molecule has 0 saturated carbocycles. The van der Waals surface area contributed by atoms with E-state index in [1.807, 2.05) is 0 Å². The Morgan fingerprint density at radius 3 is 1.40 bits per heavy atom. The topological polar surface area (TPSA) is 65.5 Å². The van der Waals surface area contributed by atoms with Gasteiger partial charge in [0, 0.05) is 0 Å². The molecule has 1 rings (SSSR count). The Hall–Kier alpha value is 0.359. The van der Waals surface area contributed by atoms with Crippen molar-refractivity contribution in [2.45, 2.75) is 0 Å². The monoisotopic (exact) mass is 146 g/mol. The Labute approximate surface area is 31.4 Å². The van der Waals surface area contributed by atoms with Gasteiger partial charge in [-0.1, -0.05) is 0 Å². The fourth-order valence-electron chi connectivity index (χ4n) is 0.0248. The number of hydrogen-bond donors (Lipinski definition) is 2. The van der Waals surface area contributed by atoms with E-state index in [1.165, 1.54) is 0 Å². The molecule has 4 nitrogen and oxygen atoms in total. The summed E-state index contributed by atoms with van der Waals surface area (Å²) in [6.07, 6.45) is 0. The molecule has 0 bridgehead atoms. The summed E-state index contributed by atoms with van der Waals surface area (Å²) in [4.78, 5) is 0. The van der Waals surface area contributed by atoms with Crippen LogP contribution in [0.1, 0.15) is 0 Å². The first-order chi connectivity index (χ1) is 2.21. The van der Waals surface area contributed by atoms with Crippen LogP contribution in [-0.2, 0) is 7.94 Å². The van der Waals surface area contributed by atoms with Gasteiger partial charge in [-0.05, 0) is 0 Å². The van der Waals surface area contributed by atoms with E-state index in [4.69, 9.17) is 8.38 Å². The molecular formula is H2O4Se. The summed E-state index contributed by atoms with van der Waals surface area (Å²) in [5.41, 5.74) is 0. The molecule has 0 spiro atoms. The Morgan fingerprint density at radius 2 is 1.40 bits per heavy atom. The molecule has 0 aromatic rings. The van der Waals surface area contributed by atoms with Crippen molar-refractivity contribution in [2.75, 3.05) is 0 Å². The van der Waals surface area contributed by atoms with Crippen LogP contribution in [0.3, 0.4) is 0 Å². The molecule has 32 valence electrons. The molecule has 2 N–H and O–H groups in total. The average molecular weight is 145 g/mol. The molecule has 0 aliphatic carbocycles. The van der Waals surface area contributed by atoms with Gasteiger partial charge in [0.1, 0.15) is 0 Å². The van der Waals surface area contributed by atoms with Crippen LogP contribution in [0.2, 0.25) is 0 Å². The first kappa shape index (κ1) is 3.55. The Morgan fingerprint density at radius 1 is 1.20 bits per heavy atom. The molecule has 1 fully saturated rings. The third-order valence-corrected chi connectivity index (χ3v) is 0.986. The van der Waals surface area contributed by atoms with Gasteiger partial charge in [0.25, 0.3) is 0 Å². The van der Waals surface area contributed by atoms with Gasteiger partial charge in [0.15, 0.2) is 0 Å². The molecule has 0 radical (unpaired) electrons. The van der Waals surface area contributed by atoms with Gasteiger partial charge < -0.3 is 0 Å². The maximum absolute atomic E-state index is 7.90. The van der Waals surface area contributed by atoms with Crippen molar-refractivity contribution in [2.24, 2.45) is 0 Å². The molecule has 0 aromatic heterocycles. The van der Waals surface area contributed by atoms with Crippen molar-refractivity contribution in [1.29, 1.82) is 0 Å². The van der Waals surface area contributed by atoms with Crippen molar-refractivity contribution in [3.63, 3.8) is 0 Å². The van der Waals surface area contributed by atoms with E-state index < -0.39 is 14.2 Å². The predicted octanol–water partition coefficient (Wildman–Crippen LogP) is -1.63. The van der Waals surface area contributed by atoms with Crippen LogP contribution in [0.25, 0.3) is 0 Å². The fourth-order valence-corrected chi connectivity index (χ4v) is 0.671. The fraction of sp³-hybridized carbons (Fsp3) is 0. The molecular weight excluding hydrogens is 143 g/mol. The van der Waals surface area contributed by atoms with Crippen molar-refractivity contribution >= 4 is 14.2 Å².